The van der Waals surface area contributed by atoms with Gasteiger partial charge in [0.15, 0.2) is 0 Å². The number of hydrogen-bond donors (Lipinski definition) is 4. The molecular formula is C15H31NO5. The maximum atomic E-state index is 11.9. The van der Waals surface area contributed by atoms with E-state index in [0.29, 0.717) is 6.42 Å². The van der Waals surface area contributed by atoms with Gasteiger partial charge in [0.1, 0.15) is 18.3 Å². The van der Waals surface area contributed by atoms with Crippen molar-refractivity contribution in [3.63, 3.8) is 0 Å². The fourth-order valence-electron chi connectivity index (χ4n) is 1.86. The Morgan fingerprint density at radius 1 is 1.05 bits per heavy atom. The molecule has 0 rings (SSSR count). The zero-order chi connectivity index (χ0) is 16.8. The van der Waals surface area contributed by atoms with Crippen LogP contribution in [0.4, 0.5) is 0 Å². The summed E-state index contributed by atoms with van der Waals surface area (Å²) in [6.07, 6.45) is -3.96. The molecule has 0 aliphatic carbocycles. The molecule has 6 heteroatoms. The van der Waals surface area contributed by atoms with Crippen LogP contribution in [0.15, 0.2) is 0 Å². The maximum Gasteiger partial charge on any atom is 0.222 e. The molecule has 6 nitrogen and oxygen atoms in total. The lowest BCUT2D eigenvalue weighted by molar-refractivity contribution is -0.136. The predicted molar refractivity (Wildman–Crippen MR) is 80.6 cm³/mol. The molecule has 0 radical (unpaired) electrons. The summed E-state index contributed by atoms with van der Waals surface area (Å²) in [5, 5.41) is 38.8. The van der Waals surface area contributed by atoms with E-state index >= 15 is 0 Å². The first-order valence-electron chi connectivity index (χ1n) is 7.45. The Morgan fingerprint density at radius 2 is 1.52 bits per heavy atom. The molecule has 0 saturated heterocycles. The van der Waals surface area contributed by atoms with E-state index in [9.17, 15) is 25.2 Å². The number of likely N-dealkylation sites (N-methyl/N-ethyl adjacent to an activating group) is 1. The van der Waals surface area contributed by atoms with Crippen molar-refractivity contribution >= 4 is 5.91 Å². The zero-order valence-corrected chi connectivity index (χ0v) is 13.8. The van der Waals surface area contributed by atoms with E-state index in [1.807, 2.05) is 20.8 Å². The number of nitrogens with zero attached hydrogens (tertiary/aromatic N) is 1. The van der Waals surface area contributed by atoms with Gasteiger partial charge in [-0.2, -0.15) is 0 Å². The molecule has 4 N–H and O–H groups in total. The quantitative estimate of drug-likeness (QED) is 0.510. The van der Waals surface area contributed by atoms with Crippen molar-refractivity contribution < 1.29 is 25.2 Å². The fraction of sp³-hybridized carbons (Fsp3) is 0.933. The number of amides is 1. The topological polar surface area (TPSA) is 101 Å². The Bertz CT molecular complexity index is 316. The first-order chi connectivity index (χ1) is 9.49. The normalized spacial score (nSPS) is 18.0. The Hall–Kier alpha value is -0.690. The SMILES string of the molecule is CCC(O)C(O)C(O)C(O)CN(C)C(=O)CCC(C)(C)C. The zero-order valence-electron chi connectivity index (χ0n) is 13.8. The predicted octanol–water partition coefficient (Wildman–Crippen LogP) is 0.125. The average Bonchev–Trinajstić information content (AvgIpc) is 2.40. The summed E-state index contributed by atoms with van der Waals surface area (Å²) in [6, 6.07) is 0. The summed E-state index contributed by atoms with van der Waals surface area (Å²) in [5.41, 5.74) is 0.0516. The molecule has 0 aromatic carbocycles. The van der Waals surface area contributed by atoms with Gasteiger partial charge in [0, 0.05) is 20.0 Å². The molecule has 0 aromatic heterocycles. The van der Waals surface area contributed by atoms with Crippen molar-refractivity contribution in [2.75, 3.05) is 13.6 Å². The molecule has 0 spiro atoms. The van der Waals surface area contributed by atoms with E-state index < -0.39 is 24.4 Å². The monoisotopic (exact) mass is 305 g/mol. The summed E-state index contributed by atoms with van der Waals surface area (Å²) in [6.45, 7) is 7.71. The molecule has 0 aliphatic heterocycles. The summed E-state index contributed by atoms with van der Waals surface area (Å²) in [7, 11) is 1.55. The van der Waals surface area contributed by atoms with Crippen molar-refractivity contribution in [1.29, 1.82) is 0 Å². The molecule has 126 valence electrons. The van der Waals surface area contributed by atoms with E-state index in [0.717, 1.165) is 6.42 Å². The highest BCUT2D eigenvalue weighted by Crippen LogP contribution is 2.21. The van der Waals surface area contributed by atoms with Crippen molar-refractivity contribution in [2.24, 2.45) is 5.41 Å². The molecule has 21 heavy (non-hydrogen) atoms. The minimum atomic E-state index is -1.49. The summed E-state index contributed by atoms with van der Waals surface area (Å²) >= 11 is 0. The van der Waals surface area contributed by atoms with E-state index in [1.165, 1.54) is 4.90 Å². The number of carbonyl (C=O) groups excluding carboxylic acids is 1. The number of aliphatic hydroxyl groups is 4. The second-order valence-electron chi connectivity index (χ2n) is 6.86. The van der Waals surface area contributed by atoms with Gasteiger partial charge in [0.2, 0.25) is 5.91 Å². The molecule has 4 unspecified atom stereocenters. The van der Waals surface area contributed by atoms with Crippen LogP contribution in [0.25, 0.3) is 0 Å². The van der Waals surface area contributed by atoms with Crippen LogP contribution in [-0.4, -0.2) is 69.2 Å². The van der Waals surface area contributed by atoms with Crippen LogP contribution in [0.2, 0.25) is 0 Å². The first-order valence-corrected chi connectivity index (χ1v) is 7.45. The van der Waals surface area contributed by atoms with E-state index in [-0.39, 0.29) is 24.3 Å². The van der Waals surface area contributed by atoms with Crippen LogP contribution < -0.4 is 0 Å². The van der Waals surface area contributed by atoms with Crippen molar-refractivity contribution in [2.45, 2.75) is 71.4 Å². The van der Waals surface area contributed by atoms with Gasteiger partial charge in [-0.1, -0.05) is 27.7 Å². The number of aliphatic hydroxyl groups excluding tert-OH is 4. The van der Waals surface area contributed by atoms with Crippen LogP contribution in [0, 0.1) is 5.41 Å². The van der Waals surface area contributed by atoms with E-state index in [4.69, 9.17) is 0 Å². The standard InChI is InChI=1S/C15H31NO5/c1-6-10(17)13(20)14(21)11(18)9-16(5)12(19)7-8-15(2,3)4/h10-11,13-14,17-18,20-21H,6-9H2,1-5H3. The van der Waals surface area contributed by atoms with Gasteiger partial charge in [-0.25, -0.2) is 0 Å². The molecule has 4 atom stereocenters. The third-order valence-electron chi connectivity index (χ3n) is 3.53. The molecular weight excluding hydrogens is 274 g/mol. The summed E-state index contributed by atoms with van der Waals surface area (Å²) in [4.78, 5) is 13.3. The third kappa shape index (κ3) is 7.76. The highest BCUT2D eigenvalue weighted by molar-refractivity contribution is 5.75. The van der Waals surface area contributed by atoms with Gasteiger partial charge >= 0.3 is 0 Å². The van der Waals surface area contributed by atoms with Gasteiger partial charge < -0.3 is 25.3 Å². The number of carbonyl (C=O) groups is 1. The Labute approximate surface area is 127 Å². The van der Waals surface area contributed by atoms with Gasteiger partial charge in [-0.15, -0.1) is 0 Å². The second-order valence-corrected chi connectivity index (χ2v) is 6.86. The highest BCUT2D eigenvalue weighted by Gasteiger charge is 2.30. The van der Waals surface area contributed by atoms with Crippen molar-refractivity contribution in [3.8, 4) is 0 Å². The van der Waals surface area contributed by atoms with Crippen molar-refractivity contribution in [3.05, 3.63) is 0 Å². The lowest BCUT2D eigenvalue weighted by Crippen LogP contribution is -2.49. The smallest absolute Gasteiger partial charge is 0.222 e. The Kier molecular flexibility index (Phi) is 8.39. The van der Waals surface area contributed by atoms with Crippen LogP contribution >= 0.6 is 0 Å². The van der Waals surface area contributed by atoms with Gasteiger partial charge in [-0.3, -0.25) is 4.79 Å². The average molecular weight is 305 g/mol. The van der Waals surface area contributed by atoms with Gasteiger partial charge in [-0.05, 0) is 18.3 Å². The molecule has 0 aromatic rings. The second kappa shape index (κ2) is 8.68. The largest absolute Gasteiger partial charge is 0.390 e. The summed E-state index contributed by atoms with van der Waals surface area (Å²) < 4.78 is 0. The van der Waals surface area contributed by atoms with Crippen LogP contribution in [0.5, 0.6) is 0 Å². The minimum Gasteiger partial charge on any atom is -0.390 e. The van der Waals surface area contributed by atoms with Crippen molar-refractivity contribution in [1.82, 2.24) is 4.90 Å². The number of rotatable bonds is 8. The van der Waals surface area contributed by atoms with Gasteiger partial charge in [0.25, 0.3) is 0 Å². The van der Waals surface area contributed by atoms with Crippen LogP contribution in [-0.2, 0) is 4.79 Å². The maximum absolute atomic E-state index is 11.9. The van der Waals surface area contributed by atoms with Crippen LogP contribution in [0.1, 0.15) is 47.0 Å². The number of hydrogen-bond acceptors (Lipinski definition) is 5. The fourth-order valence-corrected chi connectivity index (χ4v) is 1.86. The van der Waals surface area contributed by atoms with E-state index in [1.54, 1.807) is 14.0 Å². The van der Waals surface area contributed by atoms with E-state index in [2.05, 4.69) is 0 Å². The Balaban J connectivity index is 4.36. The minimum absolute atomic E-state index is 0.0516. The molecule has 0 bridgehead atoms. The van der Waals surface area contributed by atoms with Crippen LogP contribution in [0.3, 0.4) is 0 Å². The van der Waals surface area contributed by atoms with Gasteiger partial charge in [0.05, 0.1) is 6.10 Å². The lowest BCUT2D eigenvalue weighted by Gasteiger charge is -2.29. The molecule has 0 aliphatic rings. The molecule has 0 heterocycles. The highest BCUT2D eigenvalue weighted by atomic mass is 16.4. The summed E-state index contributed by atoms with van der Waals surface area (Å²) in [5.74, 6) is -0.123. The molecule has 0 saturated carbocycles. The Morgan fingerprint density at radius 3 is 1.95 bits per heavy atom. The molecule has 1 amide bonds. The lowest BCUT2D eigenvalue weighted by atomic mass is 9.90. The first kappa shape index (κ1) is 20.3. The molecule has 0 fully saturated rings. The third-order valence-corrected chi connectivity index (χ3v) is 3.53.